The second kappa shape index (κ2) is 10.4. The molecule has 0 aliphatic rings. The maximum absolute atomic E-state index is 11.2. The molecule has 4 N–H and O–H groups in total. The molecule has 1 amide bonds. The average Bonchev–Trinajstić information content (AvgIpc) is 2.45. The number of nitrogens with one attached hydrogen (secondary N) is 1. The van der Waals surface area contributed by atoms with Crippen LogP contribution in [-0.4, -0.2) is 35.9 Å². The third-order valence-corrected chi connectivity index (χ3v) is 2.32. The minimum Gasteiger partial charge on any atom is -0.475 e. The Bertz CT molecular complexity index is 479. The van der Waals surface area contributed by atoms with Crippen LogP contribution in [0, 0.1) is 0 Å². The molecular weight excluding hydrogens is 317 g/mol. The van der Waals surface area contributed by atoms with Crippen molar-refractivity contribution in [3.63, 3.8) is 0 Å². The molecule has 1 aromatic carbocycles. The fourth-order valence-electron chi connectivity index (χ4n) is 1.18. The van der Waals surface area contributed by atoms with Crippen molar-refractivity contribution in [2.24, 2.45) is 5.73 Å². The molecule has 6 nitrogen and oxygen atoms in total. The molecule has 0 bridgehead atoms. The van der Waals surface area contributed by atoms with Gasteiger partial charge in [-0.3, -0.25) is 0 Å². The zero-order valence-electron chi connectivity index (χ0n) is 12.5. The molecule has 0 aliphatic heterocycles. The number of amides is 1. The summed E-state index contributed by atoms with van der Waals surface area (Å²) in [4.78, 5) is 20.1. The molecule has 0 aromatic heterocycles. The van der Waals surface area contributed by atoms with Gasteiger partial charge in [-0.25, -0.2) is 9.59 Å². The van der Waals surface area contributed by atoms with Crippen LogP contribution in [0.15, 0.2) is 30.3 Å². The number of halogens is 3. The van der Waals surface area contributed by atoms with Crippen molar-refractivity contribution < 1.29 is 32.6 Å². The third kappa shape index (κ3) is 12.0. The van der Waals surface area contributed by atoms with Crippen LogP contribution in [0.2, 0.25) is 0 Å². The lowest BCUT2D eigenvalue weighted by Gasteiger charge is -2.08. The van der Waals surface area contributed by atoms with E-state index in [1.54, 1.807) is 0 Å². The predicted octanol–water partition coefficient (Wildman–Crippen LogP) is 2.28. The lowest BCUT2D eigenvalue weighted by molar-refractivity contribution is -0.192. The number of carboxylic acid groups (broad SMARTS) is 1. The van der Waals surface area contributed by atoms with E-state index in [1.807, 2.05) is 37.3 Å². The zero-order chi connectivity index (χ0) is 17.9. The van der Waals surface area contributed by atoms with E-state index >= 15 is 0 Å². The Labute approximate surface area is 131 Å². The van der Waals surface area contributed by atoms with Crippen LogP contribution < -0.4 is 11.1 Å². The van der Waals surface area contributed by atoms with Gasteiger partial charge >= 0.3 is 18.2 Å². The van der Waals surface area contributed by atoms with Gasteiger partial charge in [-0.1, -0.05) is 30.3 Å². The van der Waals surface area contributed by atoms with Crippen LogP contribution in [0.25, 0.3) is 0 Å². The van der Waals surface area contributed by atoms with Gasteiger partial charge in [0.1, 0.15) is 6.61 Å². The highest BCUT2D eigenvalue weighted by molar-refractivity contribution is 5.73. The van der Waals surface area contributed by atoms with Crippen LogP contribution in [0.5, 0.6) is 0 Å². The van der Waals surface area contributed by atoms with Gasteiger partial charge in [0, 0.05) is 12.6 Å². The number of hydrogen-bond donors (Lipinski definition) is 3. The standard InChI is InChI=1S/C12H18N2O2.C2HF3O2/c1-10(13)7-8-14-12(15)16-9-11-5-3-2-4-6-11;3-2(4,5)1(6)7/h2-6,10H,7-9,13H2,1H3,(H,14,15);(H,6,7). The highest BCUT2D eigenvalue weighted by atomic mass is 19.4. The molecule has 0 spiro atoms. The Kier molecular flexibility index (Phi) is 9.40. The van der Waals surface area contributed by atoms with Gasteiger partial charge in [0.25, 0.3) is 0 Å². The number of ether oxygens (including phenoxy) is 1. The quantitative estimate of drug-likeness (QED) is 0.766. The molecular formula is C14H19F3N2O4. The lowest BCUT2D eigenvalue weighted by Crippen LogP contribution is -2.29. The molecule has 1 atom stereocenters. The van der Waals surface area contributed by atoms with E-state index in [4.69, 9.17) is 20.4 Å². The number of nitrogens with two attached hydrogens (primary N) is 1. The van der Waals surface area contributed by atoms with Gasteiger partial charge in [0.2, 0.25) is 0 Å². The highest BCUT2D eigenvalue weighted by Gasteiger charge is 2.38. The van der Waals surface area contributed by atoms with E-state index in [0.717, 1.165) is 12.0 Å². The molecule has 0 aliphatic carbocycles. The molecule has 0 heterocycles. The van der Waals surface area contributed by atoms with E-state index in [9.17, 15) is 18.0 Å². The Hall–Kier alpha value is -2.29. The lowest BCUT2D eigenvalue weighted by atomic mass is 10.2. The first-order valence-corrected chi connectivity index (χ1v) is 6.63. The second-order valence-corrected chi connectivity index (χ2v) is 4.56. The fourth-order valence-corrected chi connectivity index (χ4v) is 1.18. The van der Waals surface area contributed by atoms with Crippen LogP contribution >= 0.6 is 0 Å². The predicted molar refractivity (Wildman–Crippen MR) is 76.6 cm³/mol. The number of hydrogen-bond acceptors (Lipinski definition) is 4. The Balaban J connectivity index is 0.000000585. The van der Waals surface area contributed by atoms with Crippen molar-refractivity contribution in [1.82, 2.24) is 5.32 Å². The summed E-state index contributed by atoms with van der Waals surface area (Å²) in [6.45, 7) is 2.74. The summed E-state index contributed by atoms with van der Waals surface area (Å²) in [5.74, 6) is -2.76. The molecule has 1 aromatic rings. The van der Waals surface area contributed by atoms with Crippen LogP contribution in [0.4, 0.5) is 18.0 Å². The smallest absolute Gasteiger partial charge is 0.475 e. The van der Waals surface area contributed by atoms with Gasteiger partial charge in [-0.15, -0.1) is 0 Å². The summed E-state index contributed by atoms with van der Waals surface area (Å²) >= 11 is 0. The number of benzene rings is 1. The number of alkyl halides is 3. The van der Waals surface area contributed by atoms with E-state index in [0.29, 0.717) is 13.2 Å². The van der Waals surface area contributed by atoms with Crippen molar-refractivity contribution in [3.05, 3.63) is 35.9 Å². The number of aliphatic carboxylic acids is 1. The molecule has 1 unspecified atom stereocenters. The number of carbonyl (C=O) groups excluding carboxylic acids is 1. The molecule has 0 fully saturated rings. The van der Waals surface area contributed by atoms with Gasteiger partial charge in [0.15, 0.2) is 0 Å². The Morgan fingerprint density at radius 2 is 1.83 bits per heavy atom. The largest absolute Gasteiger partial charge is 0.490 e. The molecule has 0 saturated heterocycles. The van der Waals surface area contributed by atoms with Crippen molar-refractivity contribution in [1.29, 1.82) is 0 Å². The molecule has 23 heavy (non-hydrogen) atoms. The minimum atomic E-state index is -5.08. The number of carboxylic acids is 1. The van der Waals surface area contributed by atoms with Gasteiger partial charge in [-0.05, 0) is 18.9 Å². The summed E-state index contributed by atoms with van der Waals surface area (Å²) in [5.41, 5.74) is 6.53. The van der Waals surface area contributed by atoms with Gasteiger partial charge < -0.3 is 20.9 Å². The molecule has 0 radical (unpaired) electrons. The molecule has 130 valence electrons. The summed E-state index contributed by atoms with van der Waals surface area (Å²) in [7, 11) is 0. The summed E-state index contributed by atoms with van der Waals surface area (Å²) in [5, 5.41) is 9.77. The SMILES string of the molecule is CC(N)CCNC(=O)OCc1ccccc1.O=C(O)C(F)(F)F. The third-order valence-electron chi connectivity index (χ3n) is 2.32. The molecule has 1 rings (SSSR count). The van der Waals surface area contributed by atoms with Crippen molar-refractivity contribution in [2.45, 2.75) is 32.2 Å². The van der Waals surface area contributed by atoms with Gasteiger partial charge in [0.05, 0.1) is 0 Å². The van der Waals surface area contributed by atoms with Crippen molar-refractivity contribution in [3.8, 4) is 0 Å². The Morgan fingerprint density at radius 3 is 2.26 bits per heavy atom. The summed E-state index contributed by atoms with van der Waals surface area (Å²) < 4.78 is 36.8. The Morgan fingerprint density at radius 1 is 1.30 bits per heavy atom. The first kappa shape index (κ1) is 20.7. The summed E-state index contributed by atoms with van der Waals surface area (Å²) in [6.07, 6.45) is -4.73. The van der Waals surface area contributed by atoms with Crippen LogP contribution in [0.3, 0.4) is 0 Å². The molecule has 0 saturated carbocycles. The van der Waals surface area contributed by atoms with E-state index in [-0.39, 0.29) is 6.04 Å². The van der Waals surface area contributed by atoms with Crippen LogP contribution in [-0.2, 0) is 16.1 Å². The normalized spacial score (nSPS) is 11.7. The number of carbonyl (C=O) groups is 2. The van der Waals surface area contributed by atoms with Gasteiger partial charge in [-0.2, -0.15) is 13.2 Å². The van der Waals surface area contributed by atoms with Crippen LogP contribution in [0.1, 0.15) is 18.9 Å². The fraction of sp³-hybridized carbons (Fsp3) is 0.429. The maximum atomic E-state index is 11.2. The maximum Gasteiger partial charge on any atom is 0.490 e. The van der Waals surface area contributed by atoms with E-state index in [2.05, 4.69) is 5.32 Å². The monoisotopic (exact) mass is 336 g/mol. The minimum absolute atomic E-state index is 0.0921. The topological polar surface area (TPSA) is 102 Å². The first-order chi connectivity index (χ1) is 10.6. The van der Waals surface area contributed by atoms with Crippen molar-refractivity contribution >= 4 is 12.1 Å². The average molecular weight is 336 g/mol. The summed E-state index contributed by atoms with van der Waals surface area (Å²) in [6, 6.07) is 9.66. The second-order valence-electron chi connectivity index (χ2n) is 4.56. The van der Waals surface area contributed by atoms with E-state index < -0.39 is 18.2 Å². The zero-order valence-corrected chi connectivity index (χ0v) is 12.5. The number of alkyl carbamates (subject to hydrolysis) is 1. The molecule has 9 heteroatoms. The van der Waals surface area contributed by atoms with Crippen molar-refractivity contribution in [2.75, 3.05) is 6.54 Å². The first-order valence-electron chi connectivity index (χ1n) is 6.63. The number of rotatable bonds is 5. The van der Waals surface area contributed by atoms with E-state index in [1.165, 1.54) is 0 Å². The highest BCUT2D eigenvalue weighted by Crippen LogP contribution is 2.13.